The van der Waals surface area contributed by atoms with Gasteiger partial charge < -0.3 is 5.32 Å². The van der Waals surface area contributed by atoms with Crippen molar-refractivity contribution in [1.82, 2.24) is 15.0 Å². The molecule has 0 aliphatic carbocycles. The third-order valence-electron chi connectivity index (χ3n) is 3.19. The van der Waals surface area contributed by atoms with E-state index in [4.69, 9.17) is 0 Å². The monoisotopic (exact) mass is 326 g/mol. The molecule has 3 rings (SSSR count). The van der Waals surface area contributed by atoms with E-state index in [2.05, 4.69) is 20.3 Å². The zero-order chi connectivity index (χ0) is 16.1. The Morgan fingerprint density at radius 3 is 2.78 bits per heavy atom. The maximum atomic E-state index is 13.3. The molecule has 0 unspecified atom stereocenters. The normalized spacial score (nSPS) is 10.5. The van der Waals surface area contributed by atoms with E-state index in [9.17, 15) is 4.39 Å². The van der Waals surface area contributed by atoms with E-state index in [1.165, 1.54) is 23.9 Å². The molecule has 0 atom stereocenters. The first-order valence-corrected chi connectivity index (χ1v) is 8.30. The Morgan fingerprint density at radius 1 is 1.09 bits per heavy atom. The molecule has 6 heteroatoms. The first-order valence-electron chi connectivity index (χ1n) is 7.07. The Labute approximate surface area is 138 Å². The van der Waals surface area contributed by atoms with Crippen LogP contribution in [-0.2, 0) is 6.54 Å². The van der Waals surface area contributed by atoms with E-state index < -0.39 is 0 Å². The summed E-state index contributed by atoms with van der Waals surface area (Å²) in [6.45, 7) is 0.536. The second-order valence-corrected chi connectivity index (χ2v) is 5.58. The summed E-state index contributed by atoms with van der Waals surface area (Å²) in [6, 6.07) is 14.0. The van der Waals surface area contributed by atoms with Crippen molar-refractivity contribution in [1.29, 1.82) is 0 Å². The van der Waals surface area contributed by atoms with Crippen LogP contribution in [0.5, 0.6) is 0 Å². The minimum atomic E-state index is -0.265. The quantitative estimate of drug-likeness (QED) is 0.567. The van der Waals surface area contributed by atoms with Gasteiger partial charge in [-0.1, -0.05) is 30.0 Å². The van der Waals surface area contributed by atoms with Crippen molar-refractivity contribution in [2.75, 3.05) is 11.6 Å². The molecule has 2 heterocycles. The highest BCUT2D eigenvalue weighted by Crippen LogP contribution is 2.18. The van der Waals surface area contributed by atoms with Gasteiger partial charge in [0.15, 0.2) is 5.16 Å². The van der Waals surface area contributed by atoms with Crippen molar-refractivity contribution < 1.29 is 4.39 Å². The molecule has 0 saturated heterocycles. The highest BCUT2D eigenvalue weighted by atomic mass is 32.2. The molecule has 0 saturated carbocycles. The molecule has 116 valence electrons. The molecule has 4 nitrogen and oxygen atoms in total. The van der Waals surface area contributed by atoms with Crippen molar-refractivity contribution in [2.24, 2.45) is 0 Å². The third kappa shape index (κ3) is 4.04. The van der Waals surface area contributed by atoms with E-state index in [1.807, 2.05) is 36.6 Å². The zero-order valence-electron chi connectivity index (χ0n) is 12.5. The number of nitrogens with zero attached hydrogens (tertiary/aromatic N) is 3. The van der Waals surface area contributed by atoms with Gasteiger partial charge in [0.05, 0.1) is 17.9 Å². The van der Waals surface area contributed by atoms with Crippen LogP contribution in [0.25, 0.3) is 11.3 Å². The number of thioether (sulfide) groups is 1. The second kappa shape index (κ2) is 7.19. The van der Waals surface area contributed by atoms with Crippen molar-refractivity contribution in [3.8, 4) is 11.3 Å². The van der Waals surface area contributed by atoms with Crippen molar-refractivity contribution in [3.05, 3.63) is 66.2 Å². The first-order chi connectivity index (χ1) is 11.2. The van der Waals surface area contributed by atoms with Gasteiger partial charge >= 0.3 is 0 Å². The lowest BCUT2D eigenvalue weighted by molar-refractivity contribution is 0.628. The molecule has 2 aromatic heterocycles. The molecule has 0 aliphatic rings. The molecule has 23 heavy (non-hydrogen) atoms. The van der Waals surface area contributed by atoms with Crippen molar-refractivity contribution in [2.45, 2.75) is 11.7 Å². The van der Waals surface area contributed by atoms with Gasteiger partial charge in [0.2, 0.25) is 0 Å². The largest absolute Gasteiger partial charge is 0.364 e. The summed E-state index contributed by atoms with van der Waals surface area (Å²) in [4.78, 5) is 13.1. The maximum Gasteiger partial charge on any atom is 0.189 e. The Balaban J connectivity index is 1.75. The van der Waals surface area contributed by atoms with Crippen LogP contribution in [0.3, 0.4) is 0 Å². The van der Waals surface area contributed by atoms with Crippen LogP contribution in [0.1, 0.15) is 5.69 Å². The molecule has 0 aliphatic heterocycles. The van der Waals surface area contributed by atoms with Gasteiger partial charge in [-0.2, -0.15) is 0 Å². The van der Waals surface area contributed by atoms with Gasteiger partial charge in [-0.25, -0.2) is 14.4 Å². The molecule has 0 radical (unpaired) electrons. The average molecular weight is 326 g/mol. The van der Waals surface area contributed by atoms with Gasteiger partial charge in [-0.3, -0.25) is 4.98 Å². The average Bonchev–Trinajstić information content (AvgIpc) is 2.60. The fourth-order valence-corrected chi connectivity index (χ4v) is 2.46. The van der Waals surface area contributed by atoms with E-state index in [0.717, 1.165) is 27.9 Å². The molecule has 0 amide bonds. The molecular formula is C17H15FN4S. The highest BCUT2D eigenvalue weighted by Gasteiger charge is 2.03. The molecule has 1 aromatic carbocycles. The maximum absolute atomic E-state index is 13.3. The number of rotatable bonds is 5. The molecule has 0 fully saturated rings. The third-order valence-corrected chi connectivity index (χ3v) is 3.76. The van der Waals surface area contributed by atoms with Crippen LogP contribution in [0.2, 0.25) is 0 Å². The van der Waals surface area contributed by atoms with Crippen LogP contribution >= 0.6 is 11.8 Å². The number of aromatic nitrogens is 3. The van der Waals surface area contributed by atoms with Crippen LogP contribution in [-0.4, -0.2) is 21.2 Å². The Hall–Kier alpha value is -2.47. The smallest absolute Gasteiger partial charge is 0.189 e. The summed E-state index contributed by atoms with van der Waals surface area (Å²) in [5.74, 6) is 0.487. The summed E-state index contributed by atoms with van der Waals surface area (Å²) in [5, 5.41) is 3.94. The fraction of sp³-hybridized carbons (Fsp3) is 0.118. The molecule has 0 spiro atoms. The Bertz CT molecular complexity index is 810. The summed E-state index contributed by atoms with van der Waals surface area (Å²) in [7, 11) is 0. The predicted octanol–water partition coefficient (Wildman–Crippen LogP) is 4.01. The SMILES string of the molecule is CSc1nccc(NCc2cccc(-c3cccc(F)c3)n2)n1. The van der Waals surface area contributed by atoms with Gasteiger partial charge in [-0.15, -0.1) is 0 Å². The van der Waals surface area contributed by atoms with Gasteiger partial charge in [0.1, 0.15) is 11.6 Å². The van der Waals surface area contributed by atoms with E-state index in [1.54, 1.807) is 12.3 Å². The zero-order valence-corrected chi connectivity index (χ0v) is 13.3. The minimum absolute atomic E-state index is 0.265. The minimum Gasteiger partial charge on any atom is -0.364 e. The number of hydrogen-bond acceptors (Lipinski definition) is 5. The fourth-order valence-electron chi connectivity index (χ4n) is 2.11. The highest BCUT2D eigenvalue weighted by molar-refractivity contribution is 7.98. The summed E-state index contributed by atoms with van der Waals surface area (Å²) >= 11 is 1.49. The molecule has 3 aromatic rings. The number of hydrogen-bond donors (Lipinski definition) is 1. The van der Waals surface area contributed by atoms with E-state index >= 15 is 0 Å². The van der Waals surface area contributed by atoms with Crippen LogP contribution < -0.4 is 5.32 Å². The number of nitrogens with one attached hydrogen (secondary N) is 1. The van der Waals surface area contributed by atoms with Crippen molar-refractivity contribution in [3.63, 3.8) is 0 Å². The Morgan fingerprint density at radius 2 is 1.96 bits per heavy atom. The summed E-state index contributed by atoms with van der Waals surface area (Å²) in [6.07, 6.45) is 3.65. The number of benzene rings is 1. The Kier molecular flexibility index (Phi) is 4.83. The lowest BCUT2D eigenvalue weighted by atomic mass is 10.1. The van der Waals surface area contributed by atoms with Crippen molar-refractivity contribution >= 4 is 17.6 Å². The lowest BCUT2D eigenvalue weighted by Gasteiger charge is -2.07. The lowest BCUT2D eigenvalue weighted by Crippen LogP contribution is -2.04. The number of halogens is 1. The summed E-state index contributed by atoms with van der Waals surface area (Å²) < 4.78 is 13.3. The predicted molar refractivity (Wildman–Crippen MR) is 90.8 cm³/mol. The second-order valence-electron chi connectivity index (χ2n) is 4.81. The van der Waals surface area contributed by atoms with E-state index in [-0.39, 0.29) is 5.82 Å². The van der Waals surface area contributed by atoms with Gasteiger partial charge in [-0.05, 0) is 36.6 Å². The molecular weight excluding hydrogens is 311 g/mol. The molecule has 1 N–H and O–H groups in total. The van der Waals surface area contributed by atoms with E-state index in [0.29, 0.717) is 6.54 Å². The summed E-state index contributed by atoms with van der Waals surface area (Å²) in [5.41, 5.74) is 2.37. The van der Waals surface area contributed by atoms with Crippen LogP contribution in [0.15, 0.2) is 59.9 Å². The molecule has 0 bridgehead atoms. The number of anilines is 1. The van der Waals surface area contributed by atoms with Gasteiger partial charge in [0.25, 0.3) is 0 Å². The standard InChI is InChI=1S/C17H15FN4S/c1-23-17-19-9-8-16(22-17)20-11-14-6-3-7-15(21-14)12-4-2-5-13(18)10-12/h2-10H,11H2,1H3,(H,19,20,22). The van der Waals surface area contributed by atoms with Gasteiger partial charge in [0, 0.05) is 11.8 Å². The topological polar surface area (TPSA) is 50.7 Å². The first kappa shape index (κ1) is 15.4. The van der Waals surface area contributed by atoms with Crippen LogP contribution in [0, 0.1) is 5.82 Å². The van der Waals surface area contributed by atoms with Crippen LogP contribution in [0.4, 0.5) is 10.2 Å². The number of pyridine rings is 1.